The van der Waals surface area contributed by atoms with E-state index in [4.69, 9.17) is 4.74 Å². The molecule has 3 rings (SSSR count). The highest BCUT2D eigenvalue weighted by atomic mass is 16.5. The van der Waals surface area contributed by atoms with Crippen LogP contribution in [-0.2, 0) is 14.3 Å². The Kier molecular flexibility index (Phi) is 4.43. The van der Waals surface area contributed by atoms with Crippen LogP contribution in [0.5, 0.6) is 0 Å². The Morgan fingerprint density at radius 2 is 2.14 bits per heavy atom. The third-order valence-electron chi connectivity index (χ3n) is 4.59. The van der Waals surface area contributed by atoms with Gasteiger partial charge >= 0.3 is 0 Å². The van der Waals surface area contributed by atoms with Gasteiger partial charge in [0, 0.05) is 39.1 Å². The van der Waals surface area contributed by atoms with E-state index >= 15 is 0 Å². The average Bonchev–Trinajstić information content (AvgIpc) is 3.13. The second kappa shape index (κ2) is 6.48. The van der Waals surface area contributed by atoms with Crippen LogP contribution in [0, 0.1) is 11.8 Å². The van der Waals surface area contributed by atoms with E-state index in [1.54, 1.807) is 11.9 Å². The lowest BCUT2D eigenvalue weighted by atomic mass is 9.95. The summed E-state index contributed by atoms with van der Waals surface area (Å²) in [6.07, 6.45) is 1.32. The van der Waals surface area contributed by atoms with Gasteiger partial charge < -0.3 is 15.0 Å². The van der Waals surface area contributed by atoms with Gasteiger partial charge in [0.05, 0.1) is 12.0 Å². The van der Waals surface area contributed by atoms with Crippen molar-refractivity contribution < 1.29 is 14.3 Å². The van der Waals surface area contributed by atoms with E-state index in [0.717, 1.165) is 18.6 Å². The summed E-state index contributed by atoms with van der Waals surface area (Å²) < 4.78 is 5.83. The molecular formula is C17H22N2O3. The van der Waals surface area contributed by atoms with Crippen LogP contribution in [-0.4, -0.2) is 43.5 Å². The third kappa shape index (κ3) is 3.14. The van der Waals surface area contributed by atoms with E-state index in [1.807, 2.05) is 18.2 Å². The molecule has 2 amide bonds. The smallest absolute Gasteiger partial charge is 0.225 e. The molecule has 2 aliphatic heterocycles. The number of carbonyl (C=O) groups is 2. The van der Waals surface area contributed by atoms with Crippen LogP contribution in [0.4, 0.5) is 0 Å². The van der Waals surface area contributed by atoms with E-state index in [1.165, 1.54) is 0 Å². The number of hydrogen-bond donors (Lipinski definition) is 1. The molecule has 1 aromatic carbocycles. The summed E-state index contributed by atoms with van der Waals surface area (Å²) in [5.74, 6) is 0.110. The fourth-order valence-electron chi connectivity index (χ4n) is 3.27. The summed E-state index contributed by atoms with van der Waals surface area (Å²) in [5.41, 5.74) is 1.16. The lowest BCUT2D eigenvalue weighted by molar-refractivity contribution is -0.128. The molecule has 5 heteroatoms. The lowest BCUT2D eigenvalue weighted by Gasteiger charge is -2.20. The van der Waals surface area contributed by atoms with Crippen molar-refractivity contribution >= 4 is 11.8 Å². The molecule has 0 saturated carbocycles. The number of nitrogens with zero attached hydrogens (tertiary/aromatic N) is 1. The highest BCUT2D eigenvalue weighted by Gasteiger charge is 2.34. The Hall–Kier alpha value is -1.88. The van der Waals surface area contributed by atoms with Crippen molar-refractivity contribution in [3.63, 3.8) is 0 Å². The molecule has 1 aromatic rings. The molecule has 2 heterocycles. The van der Waals surface area contributed by atoms with Crippen molar-refractivity contribution in [3.05, 3.63) is 35.9 Å². The first-order valence-electron chi connectivity index (χ1n) is 7.83. The molecule has 22 heavy (non-hydrogen) atoms. The molecule has 2 fully saturated rings. The first kappa shape index (κ1) is 15.0. The largest absolute Gasteiger partial charge is 0.373 e. The molecule has 1 N–H and O–H groups in total. The Bertz CT molecular complexity index is 546. The molecule has 5 nitrogen and oxygen atoms in total. The number of rotatable bonds is 4. The summed E-state index contributed by atoms with van der Waals surface area (Å²) >= 11 is 0. The summed E-state index contributed by atoms with van der Waals surface area (Å²) in [5, 5.41) is 3.01. The average molecular weight is 302 g/mol. The van der Waals surface area contributed by atoms with Crippen LogP contribution < -0.4 is 5.32 Å². The Morgan fingerprint density at radius 3 is 2.82 bits per heavy atom. The maximum atomic E-state index is 12.2. The first-order chi connectivity index (χ1) is 10.6. The fraction of sp³-hybridized carbons (Fsp3) is 0.529. The first-order valence-corrected chi connectivity index (χ1v) is 7.83. The molecule has 2 aliphatic rings. The van der Waals surface area contributed by atoms with E-state index < -0.39 is 0 Å². The number of benzene rings is 1. The fourth-order valence-corrected chi connectivity index (χ4v) is 3.27. The van der Waals surface area contributed by atoms with Crippen LogP contribution in [0.2, 0.25) is 0 Å². The second-order valence-corrected chi connectivity index (χ2v) is 6.17. The van der Waals surface area contributed by atoms with Crippen molar-refractivity contribution in [2.24, 2.45) is 11.8 Å². The number of carbonyl (C=O) groups excluding carboxylic acids is 2. The van der Waals surface area contributed by atoms with E-state index in [9.17, 15) is 9.59 Å². The Morgan fingerprint density at radius 1 is 1.36 bits per heavy atom. The predicted molar refractivity (Wildman–Crippen MR) is 82.0 cm³/mol. The minimum atomic E-state index is -0.213. The van der Waals surface area contributed by atoms with Crippen molar-refractivity contribution in [1.82, 2.24) is 10.2 Å². The third-order valence-corrected chi connectivity index (χ3v) is 4.59. The summed E-state index contributed by atoms with van der Waals surface area (Å²) in [6, 6.07) is 10.1. The zero-order chi connectivity index (χ0) is 15.5. The van der Waals surface area contributed by atoms with Crippen LogP contribution in [0.1, 0.15) is 24.5 Å². The van der Waals surface area contributed by atoms with Crippen molar-refractivity contribution in [2.75, 3.05) is 26.7 Å². The lowest BCUT2D eigenvalue weighted by Crippen LogP contribution is -2.36. The van der Waals surface area contributed by atoms with Crippen LogP contribution in [0.15, 0.2) is 30.3 Å². The topological polar surface area (TPSA) is 58.6 Å². The highest BCUT2D eigenvalue weighted by molar-refractivity contribution is 5.89. The van der Waals surface area contributed by atoms with Crippen molar-refractivity contribution in [3.8, 4) is 0 Å². The van der Waals surface area contributed by atoms with Crippen molar-refractivity contribution in [2.45, 2.75) is 18.9 Å². The monoisotopic (exact) mass is 302 g/mol. The summed E-state index contributed by atoms with van der Waals surface area (Å²) in [6.45, 7) is 1.85. The molecule has 0 aromatic heterocycles. The molecule has 0 bridgehead atoms. The van der Waals surface area contributed by atoms with Gasteiger partial charge in [-0.2, -0.15) is 0 Å². The normalized spacial score (nSPS) is 28.1. The number of nitrogens with one attached hydrogen (secondary N) is 1. The van der Waals surface area contributed by atoms with Crippen LogP contribution in [0.25, 0.3) is 0 Å². The SMILES string of the molecule is CN1C[C@@H](C(=O)NC[C@H]2CCO[C@@H]2c2ccccc2)CC1=O. The molecule has 0 aliphatic carbocycles. The van der Waals surface area contributed by atoms with Gasteiger partial charge in [0.2, 0.25) is 11.8 Å². The molecular weight excluding hydrogens is 280 g/mol. The number of amides is 2. The second-order valence-electron chi connectivity index (χ2n) is 6.17. The van der Waals surface area contributed by atoms with Gasteiger partial charge in [-0.1, -0.05) is 30.3 Å². The van der Waals surface area contributed by atoms with Gasteiger partial charge in [-0.3, -0.25) is 9.59 Å². The predicted octanol–water partition coefficient (Wildman–Crippen LogP) is 1.36. The Balaban J connectivity index is 1.55. The van der Waals surface area contributed by atoms with Crippen LogP contribution in [0.3, 0.4) is 0 Å². The van der Waals surface area contributed by atoms with Gasteiger partial charge in [-0.25, -0.2) is 0 Å². The van der Waals surface area contributed by atoms with Gasteiger partial charge in [0.1, 0.15) is 0 Å². The highest BCUT2D eigenvalue weighted by Crippen LogP contribution is 2.34. The quantitative estimate of drug-likeness (QED) is 0.913. The van der Waals surface area contributed by atoms with Gasteiger partial charge in [0.25, 0.3) is 0 Å². The maximum absolute atomic E-state index is 12.2. The van der Waals surface area contributed by atoms with Gasteiger partial charge in [-0.15, -0.1) is 0 Å². The molecule has 2 saturated heterocycles. The molecule has 0 radical (unpaired) electrons. The van der Waals surface area contributed by atoms with E-state index in [0.29, 0.717) is 25.4 Å². The molecule has 0 spiro atoms. The minimum absolute atomic E-state index is 0.0172. The van der Waals surface area contributed by atoms with Gasteiger partial charge in [0.15, 0.2) is 0 Å². The molecule has 3 atom stereocenters. The van der Waals surface area contributed by atoms with Crippen molar-refractivity contribution in [1.29, 1.82) is 0 Å². The zero-order valence-electron chi connectivity index (χ0n) is 12.8. The summed E-state index contributed by atoms with van der Waals surface area (Å²) in [7, 11) is 1.74. The number of ether oxygens (including phenoxy) is 1. The van der Waals surface area contributed by atoms with Crippen LogP contribution >= 0.6 is 0 Å². The summed E-state index contributed by atoms with van der Waals surface area (Å²) in [4.78, 5) is 25.3. The zero-order valence-corrected chi connectivity index (χ0v) is 12.8. The maximum Gasteiger partial charge on any atom is 0.225 e. The van der Waals surface area contributed by atoms with E-state index in [-0.39, 0.29) is 23.8 Å². The number of hydrogen-bond acceptors (Lipinski definition) is 3. The number of likely N-dealkylation sites (tertiary alicyclic amines) is 1. The standard InChI is InChI=1S/C17H22N2O3/c1-19-11-14(9-15(19)20)17(21)18-10-13-7-8-22-16(13)12-5-3-2-4-6-12/h2-6,13-14,16H,7-11H2,1H3,(H,18,21)/t13-,14+,16-/m1/s1. The molecule has 118 valence electrons. The van der Waals surface area contributed by atoms with Gasteiger partial charge in [-0.05, 0) is 12.0 Å². The van der Waals surface area contributed by atoms with E-state index in [2.05, 4.69) is 17.4 Å². The Labute approximate surface area is 130 Å². The minimum Gasteiger partial charge on any atom is -0.373 e. The molecule has 0 unspecified atom stereocenters.